The molecule has 1 N–H and O–H groups in total. The Labute approximate surface area is 107 Å². The average Bonchev–Trinajstić information content (AvgIpc) is 2.42. The van der Waals surface area contributed by atoms with Crippen molar-refractivity contribution in [3.8, 4) is 11.8 Å². The number of benzene rings is 1. The van der Waals surface area contributed by atoms with E-state index >= 15 is 0 Å². The highest BCUT2D eigenvalue weighted by Crippen LogP contribution is 2.21. The second-order valence-corrected chi connectivity index (χ2v) is 4.64. The molecule has 0 radical (unpaired) electrons. The molecule has 2 rings (SSSR count). The molecule has 1 aliphatic heterocycles. The monoisotopic (exact) mass is 248 g/mol. The molecule has 0 bridgehead atoms. The quantitative estimate of drug-likeness (QED) is 0.894. The van der Waals surface area contributed by atoms with Crippen LogP contribution in [0.4, 0.5) is 4.39 Å². The van der Waals surface area contributed by atoms with Crippen LogP contribution in [0.15, 0.2) is 18.2 Å². The molecule has 0 aromatic heterocycles. The summed E-state index contributed by atoms with van der Waals surface area (Å²) in [5.41, 5.74) is 0.309. The third kappa shape index (κ3) is 2.99. The number of nitrogens with zero attached hydrogens (tertiary/aromatic N) is 1. The molecule has 1 aliphatic rings. The van der Waals surface area contributed by atoms with Gasteiger partial charge in [-0.3, -0.25) is 0 Å². The molecule has 1 heterocycles. The Bertz CT molecular complexity index is 450. The molecule has 1 aromatic rings. The van der Waals surface area contributed by atoms with Crippen molar-refractivity contribution in [1.82, 2.24) is 5.32 Å². The molecular weight excluding hydrogens is 231 g/mol. The van der Waals surface area contributed by atoms with Gasteiger partial charge < -0.3 is 10.1 Å². The lowest BCUT2D eigenvalue weighted by Crippen LogP contribution is -2.44. The highest BCUT2D eigenvalue weighted by Gasteiger charge is 2.21. The second-order valence-electron chi connectivity index (χ2n) is 4.64. The lowest BCUT2D eigenvalue weighted by atomic mass is 10.0. The van der Waals surface area contributed by atoms with Crippen LogP contribution in [0.25, 0.3) is 0 Å². The van der Waals surface area contributed by atoms with Gasteiger partial charge in [-0.15, -0.1) is 0 Å². The van der Waals surface area contributed by atoms with Gasteiger partial charge in [-0.25, -0.2) is 4.39 Å². The summed E-state index contributed by atoms with van der Waals surface area (Å²) in [5.74, 6) is -0.259. The van der Waals surface area contributed by atoms with Gasteiger partial charge in [0.2, 0.25) is 0 Å². The second kappa shape index (κ2) is 5.83. The van der Waals surface area contributed by atoms with Crippen molar-refractivity contribution in [3.05, 3.63) is 29.6 Å². The van der Waals surface area contributed by atoms with E-state index in [4.69, 9.17) is 10.00 Å². The van der Waals surface area contributed by atoms with Gasteiger partial charge in [0.15, 0.2) is 11.6 Å². The molecule has 0 amide bonds. The van der Waals surface area contributed by atoms with Crippen molar-refractivity contribution in [2.75, 3.05) is 6.54 Å². The zero-order chi connectivity index (χ0) is 13.0. The molecule has 2 atom stereocenters. The highest BCUT2D eigenvalue weighted by atomic mass is 19.1. The first-order valence-electron chi connectivity index (χ1n) is 6.30. The largest absolute Gasteiger partial charge is 0.486 e. The van der Waals surface area contributed by atoms with Gasteiger partial charge in [0.05, 0.1) is 11.6 Å². The zero-order valence-corrected chi connectivity index (χ0v) is 10.4. The Balaban J connectivity index is 2.02. The molecule has 18 heavy (non-hydrogen) atoms. The summed E-state index contributed by atoms with van der Waals surface area (Å²) in [7, 11) is 0. The maximum atomic E-state index is 13.7. The van der Waals surface area contributed by atoms with Crippen LogP contribution in [0.2, 0.25) is 0 Å². The van der Waals surface area contributed by atoms with E-state index in [-0.39, 0.29) is 17.9 Å². The van der Waals surface area contributed by atoms with Crippen molar-refractivity contribution in [2.24, 2.45) is 0 Å². The molecular formula is C14H17FN2O. The van der Waals surface area contributed by atoms with Gasteiger partial charge in [-0.05, 0) is 44.5 Å². The van der Waals surface area contributed by atoms with Crippen molar-refractivity contribution < 1.29 is 9.13 Å². The molecule has 1 fully saturated rings. The van der Waals surface area contributed by atoms with E-state index in [0.29, 0.717) is 5.56 Å². The van der Waals surface area contributed by atoms with E-state index in [1.54, 1.807) is 6.07 Å². The molecule has 0 saturated carbocycles. The molecule has 1 saturated heterocycles. The number of nitriles is 1. The normalized spacial score (nSPS) is 21.1. The zero-order valence-electron chi connectivity index (χ0n) is 10.4. The Morgan fingerprint density at radius 2 is 2.33 bits per heavy atom. The third-order valence-corrected chi connectivity index (χ3v) is 3.29. The molecule has 1 aromatic carbocycles. The van der Waals surface area contributed by atoms with Crippen LogP contribution < -0.4 is 10.1 Å². The minimum atomic E-state index is -0.475. The molecule has 2 unspecified atom stereocenters. The lowest BCUT2D eigenvalue weighted by Gasteiger charge is -2.29. The Morgan fingerprint density at radius 1 is 1.50 bits per heavy atom. The first kappa shape index (κ1) is 12.8. The summed E-state index contributed by atoms with van der Waals surface area (Å²) < 4.78 is 19.3. The Morgan fingerprint density at radius 3 is 2.94 bits per heavy atom. The fourth-order valence-electron chi connectivity index (χ4n) is 2.23. The summed E-state index contributed by atoms with van der Waals surface area (Å²) in [4.78, 5) is 0. The predicted molar refractivity (Wildman–Crippen MR) is 66.8 cm³/mol. The molecule has 3 nitrogen and oxygen atoms in total. The van der Waals surface area contributed by atoms with Crippen LogP contribution in [0.3, 0.4) is 0 Å². The van der Waals surface area contributed by atoms with E-state index in [2.05, 4.69) is 5.32 Å². The Hall–Kier alpha value is -1.60. The predicted octanol–water partition coefficient (Wildman–Crippen LogP) is 2.61. The number of piperidine rings is 1. The summed E-state index contributed by atoms with van der Waals surface area (Å²) in [6.07, 6.45) is 3.35. The summed E-state index contributed by atoms with van der Waals surface area (Å²) in [6, 6.07) is 6.47. The third-order valence-electron chi connectivity index (χ3n) is 3.29. The number of hydrogen-bond acceptors (Lipinski definition) is 3. The van der Waals surface area contributed by atoms with E-state index in [1.165, 1.54) is 25.0 Å². The van der Waals surface area contributed by atoms with E-state index in [0.717, 1.165) is 13.0 Å². The van der Waals surface area contributed by atoms with Crippen LogP contribution >= 0.6 is 0 Å². The van der Waals surface area contributed by atoms with Crippen LogP contribution in [0.1, 0.15) is 31.7 Å². The van der Waals surface area contributed by atoms with Gasteiger partial charge in [-0.1, -0.05) is 6.42 Å². The van der Waals surface area contributed by atoms with E-state index in [1.807, 2.05) is 13.0 Å². The molecule has 0 aliphatic carbocycles. The maximum absolute atomic E-state index is 13.7. The van der Waals surface area contributed by atoms with Crippen molar-refractivity contribution in [3.63, 3.8) is 0 Å². The number of nitrogens with one attached hydrogen (secondary N) is 1. The Kier molecular flexibility index (Phi) is 4.16. The van der Waals surface area contributed by atoms with Gasteiger partial charge in [0.25, 0.3) is 0 Å². The van der Waals surface area contributed by atoms with Gasteiger partial charge in [0, 0.05) is 6.04 Å². The number of halogens is 1. The van der Waals surface area contributed by atoms with Crippen LogP contribution in [0.5, 0.6) is 5.75 Å². The summed E-state index contributed by atoms with van der Waals surface area (Å²) in [5, 5.41) is 12.1. The van der Waals surface area contributed by atoms with Crippen molar-refractivity contribution >= 4 is 0 Å². The van der Waals surface area contributed by atoms with Gasteiger partial charge in [0.1, 0.15) is 6.10 Å². The summed E-state index contributed by atoms with van der Waals surface area (Å²) >= 11 is 0. The molecule has 0 spiro atoms. The van der Waals surface area contributed by atoms with E-state index in [9.17, 15) is 4.39 Å². The first-order chi connectivity index (χ1) is 8.70. The number of hydrogen-bond donors (Lipinski definition) is 1. The lowest BCUT2D eigenvalue weighted by molar-refractivity contribution is 0.147. The van der Waals surface area contributed by atoms with E-state index < -0.39 is 5.82 Å². The van der Waals surface area contributed by atoms with Crippen LogP contribution in [-0.4, -0.2) is 18.7 Å². The van der Waals surface area contributed by atoms with Crippen molar-refractivity contribution in [1.29, 1.82) is 5.26 Å². The SMILES string of the molecule is CC(Oc1ccc(C#N)cc1F)C1CCCCN1. The maximum Gasteiger partial charge on any atom is 0.166 e. The fourth-order valence-corrected chi connectivity index (χ4v) is 2.23. The first-order valence-corrected chi connectivity index (χ1v) is 6.30. The van der Waals surface area contributed by atoms with Crippen LogP contribution in [-0.2, 0) is 0 Å². The van der Waals surface area contributed by atoms with Gasteiger partial charge in [-0.2, -0.15) is 5.26 Å². The average molecular weight is 248 g/mol. The highest BCUT2D eigenvalue weighted by molar-refractivity contribution is 5.36. The van der Waals surface area contributed by atoms with Crippen molar-refractivity contribution in [2.45, 2.75) is 38.3 Å². The molecule has 96 valence electrons. The topological polar surface area (TPSA) is 45.0 Å². The molecule has 4 heteroatoms. The standard InChI is InChI=1S/C14H17FN2O/c1-10(13-4-2-3-7-17-13)18-14-6-5-11(9-16)8-12(14)15/h5-6,8,10,13,17H,2-4,7H2,1H3. The fraction of sp³-hybridized carbons (Fsp3) is 0.500. The number of rotatable bonds is 3. The smallest absolute Gasteiger partial charge is 0.166 e. The minimum Gasteiger partial charge on any atom is -0.486 e. The number of ether oxygens (including phenoxy) is 1. The minimum absolute atomic E-state index is 0.0762. The van der Waals surface area contributed by atoms with Crippen LogP contribution in [0, 0.1) is 17.1 Å². The summed E-state index contributed by atoms with van der Waals surface area (Å²) in [6.45, 7) is 2.94. The van der Waals surface area contributed by atoms with Gasteiger partial charge >= 0.3 is 0 Å².